The number of hydrogen-bond donors (Lipinski definition) is 1. The molecule has 1 fully saturated rings. The molecule has 20 heavy (non-hydrogen) atoms. The van der Waals surface area contributed by atoms with E-state index in [1.165, 1.54) is 12.3 Å². The van der Waals surface area contributed by atoms with Gasteiger partial charge >= 0.3 is 5.69 Å². The van der Waals surface area contributed by atoms with E-state index >= 15 is 0 Å². The Bertz CT molecular complexity index is 437. The Labute approximate surface area is 123 Å². The van der Waals surface area contributed by atoms with Crippen LogP contribution in [0.3, 0.4) is 0 Å². The molecule has 0 atom stereocenters. The number of nitro groups is 1. The van der Waals surface area contributed by atoms with E-state index in [9.17, 15) is 10.1 Å². The van der Waals surface area contributed by atoms with Crippen molar-refractivity contribution in [2.24, 2.45) is 5.92 Å². The SMILES string of the molecule is CC.O=[N+]([O-])c1cnc(Cl)cc1NCC1CCOCC1. The standard InChI is InChI=1S/C11H14ClN3O3.C2H6/c12-11-5-9(10(7-14-11)15(16)17)13-6-8-1-3-18-4-2-8;1-2/h5,7-8H,1-4,6H2,(H,13,14);1-2H3. The lowest BCUT2D eigenvalue weighted by Crippen LogP contribution is -2.22. The Balaban J connectivity index is 0.000000956. The number of ether oxygens (including phenoxy) is 1. The molecule has 0 bridgehead atoms. The molecule has 0 spiro atoms. The summed E-state index contributed by atoms with van der Waals surface area (Å²) in [7, 11) is 0. The van der Waals surface area contributed by atoms with Crippen molar-refractivity contribution in [2.75, 3.05) is 25.1 Å². The number of halogens is 1. The molecule has 2 rings (SSSR count). The van der Waals surface area contributed by atoms with E-state index in [2.05, 4.69) is 10.3 Å². The highest BCUT2D eigenvalue weighted by Gasteiger charge is 2.18. The minimum absolute atomic E-state index is 0.0496. The summed E-state index contributed by atoms with van der Waals surface area (Å²) >= 11 is 5.75. The van der Waals surface area contributed by atoms with Gasteiger partial charge in [0.15, 0.2) is 0 Å². The lowest BCUT2D eigenvalue weighted by molar-refractivity contribution is -0.384. The molecule has 1 aromatic rings. The number of nitrogens with one attached hydrogen (secondary N) is 1. The fourth-order valence-corrected chi connectivity index (χ4v) is 2.07. The van der Waals surface area contributed by atoms with Crippen molar-refractivity contribution in [1.29, 1.82) is 0 Å². The molecule has 1 N–H and O–H groups in total. The third kappa shape index (κ3) is 4.94. The van der Waals surface area contributed by atoms with Gasteiger partial charge in [0.25, 0.3) is 0 Å². The molecular weight excluding hydrogens is 282 g/mol. The Morgan fingerprint density at radius 2 is 2.15 bits per heavy atom. The van der Waals surface area contributed by atoms with Crippen LogP contribution in [-0.2, 0) is 4.74 Å². The highest BCUT2D eigenvalue weighted by atomic mass is 35.5. The quantitative estimate of drug-likeness (QED) is 0.523. The van der Waals surface area contributed by atoms with Gasteiger partial charge in [0.1, 0.15) is 17.0 Å². The summed E-state index contributed by atoms with van der Waals surface area (Å²) in [6.07, 6.45) is 3.12. The summed E-state index contributed by atoms with van der Waals surface area (Å²) in [6.45, 7) is 6.20. The van der Waals surface area contributed by atoms with E-state index in [1.807, 2.05) is 13.8 Å². The van der Waals surface area contributed by atoms with Gasteiger partial charge in [-0.2, -0.15) is 0 Å². The van der Waals surface area contributed by atoms with Crippen molar-refractivity contribution in [1.82, 2.24) is 4.98 Å². The third-order valence-electron chi connectivity index (χ3n) is 2.97. The average Bonchev–Trinajstić information content (AvgIpc) is 2.48. The smallest absolute Gasteiger partial charge is 0.310 e. The van der Waals surface area contributed by atoms with Gasteiger partial charge in [-0.05, 0) is 18.8 Å². The minimum atomic E-state index is -0.463. The Kier molecular flexibility index (Phi) is 7.25. The van der Waals surface area contributed by atoms with Gasteiger partial charge < -0.3 is 10.1 Å². The summed E-state index contributed by atoms with van der Waals surface area (Å²) in [6, 6.07) is 1.49. The zero-order valence-electron chi connectivity index (χ0n) is 11.8. The lowest BCUT2D eigenvalue weighted by atomic mass is 10.0. The zero-order chi connectivity index (χ0) is 15.0. The summed E-state index contributed by atoms with van der Waals surface area (Å²) in [5, 5.41) is 14.2. The van der Waals surface area contributed by atoms with Crippen LogP contribution in [0.1, 0.15) is 26.7 Å². The second-order valence-corrected chi connectivity index (χ2v) is 4.61. The molecule has 2 heterocycles. The van der Waals surface area contributed by atoms with Gasteiger partial charge in [0.2, 0.25) is 0 Å². The van der Waals surface area contributed by atoms with Crippen LogP contribution in [0, 0.1) is 16.0 Å². The maximum Gasteiger partial charge on any atom is 0.310 e. The Hall–Kier alpha value is -1.40. The maximum absolute atomic E-state index is 10.8. The van der Waals surface area contributed by atoms with Crippen LogP contribution in [0.2, 0.25) is 5.15 Å². The van der Waals surface area contributed by atoms with Crippen molar-refractivity contribution < 1.29 is 9.66 Å². The van der Waals surface area contributed by atoms with Gasteiger partial charge in [-0.15, -0.1) is 0 Å². The topological polar surface area (TPSA) is 77.3 Å². The molecule has 112 valence electrons. The van der Waals surface area contributed by atoms with E-state index < -0.39 is 4.92 Å². The second-order valence-electron chi connectivity index (χ2n) is 4.22. The fraction of sp³-hybridized carbons (Fsp3) is 0.615. The number of hydrogen-bond acceptors (Lipinski definition) is 5. The summed E-state index contributed by atoms with van der Waals surface area (Å²) in [5.41, 5.74) is 0.373. The fourth-order valence-electron chi connectivity index (χ4n) is 1.91. The van der Waals surface area contributed by atoms with Crippen LogP contribution in [-0.4, -0.2) is 29.7 Å². The molecule has 0 aromatic carbocycles. The molecule has 7 heteroatoms. The normalized spacial score (nSPS) is 15.2. The first-order chi connectivity index (χ1) is 9.66. The van der Waals surface area contributed by atoms with Crippen LogP contribution >= 0.6 is 11.6 Å². The molecular formula is C13H20ClN3O3. The van der Waals surface area contributed by atoms with E-state index in [1.54, 1.807) is 0 Å². The molecule has 0 unspecified atom stereocenters. The number of nitrogens with zero attached hydrogens (tertiary/aromatic N) is 2. The zero-order valence-corrected chi connectivity index (χ0v) is 12.5. The first kappa shape index (κ1) is 16.7. The van der Waals surface area contributed by atoms with E-state index in [0.717, 1.165) is 26.1 Å². The Morgan fingerprint density at radius 1 is 1.50 bits per heavy atom. The predicted molar refractivity (Wildman–Crippen MR) is 79.3 cm³/mol. The second kappa shape index (κ2) is 8.71. The van der Waals surface area contributed by atoms with Crippen molar-refractivity contribution in [3.63, 3.8) is 0 Å². The molecule has 0 aliphatic carbocycles. The van der Waals surface area contributed by atoms with Gasteiger partial charge in [0.05, 0.1) is 4.92 Å². The van der Waals surface area contributed by atoms with Gasteiger partial charge in [-0.25, -0.2) is 4.98 Å². The molecule has 1 aliphatic heterocycles. The van der Waals surface area contributed by atoms with E-state index in [-0.39, 0.29) is 10.8 Å². The molecule has 0 amide bonds. The van der Waals surface area contributed by atoms with Crippen LogP contribution in [0.15, 0.2) is 12.3 Å². The van der Waals surface area contributed by atoms with Crippen LogP contribution in [0.25, 0.3) is 0 Å². The average molecular weight is 302 g/mol. The molecule has 6 nitrogen and oxygen atoms in total. The summed E-state index contributed by atoms with van der Waals surface area (Å²) in [5.74, 6) is 0.477. The first-order valence-corrected chi connectivity index (χ1v) is 7.16. The lowest BCUT2D eigenvalue weighted by Gasteiger charge is -2.22. The van der Waals surface area contributed by atoms with Crippen LogP contribution in [0.4, 0.5) is 11.4 Å². The van der Waals surface area contributed by atoms with Gasteiger partial charge in [-0.1, -0.05) is 25.4 Å². The monoisotopic (exact) mass is 301 g/mol. The van der Waals surface area contributed by atoms with E-state index in [4.69, 9.17) is 16.3 Å². The van der Waals surface area contributed by atoms with Crippen LogP contribution in [0.5, 0.6) is 0 Å². The molecule has 0 saturated carbocycles. The van der Waals surface area contributed by atoms with Crippen molar-refractivity contribution in [2.45, 2.75) is 26.7 Å². The predicted octanol–water partition coefficient (Wildman–Crippen LogP) is 3.51. The molecule has 1 aromatic heterocycles. The molecule has 1 aliphatic rings. The number of pyridine rings is 1. The van der Waals surface area contributed by atoms with Crippen molar-refractivity contribution in [3.05, 3.63) is 27.5 Å². The summed E-state index contributed by atoms with van der Waals surface area (Å²) in [4.78, 5) is 14.1. The number of anilines is 1. The molecule has 1 saturated heterocycles. The minimum Gasteiger partial charge on any atom is -0.381 e. The van der Waals surface area contributed by atoms with Crippen molar-refractivity contribution in [3.8, 4) is 0 Å². The number of aromatic nitrogens is 1. The molecule has 0 radical (unpaired) electrons. The highest BCUT2D eigenvalue weighted by molar-refractivity contribution is 6.29. The number of rotatable bonds is 4. The van der Waals surface area contributed by atoms with Crippen molar-refractivity contribution >= 4 is 23.0 Å². The maximum atomic E-state index is 10.8. The highest BCUT2D eigenvalue weighted by Crippen LogP contribution is 2.26. The van der Waals surface area contributed by atoms with E-state index in [0.29, 0.717) is 18.2 Å². The van der Waals surface area contributed by atoms with Crippen LogP contribution < -0.4 is 5.32 Å². The first-order valence-electron chi connectivity index (χ1n) is 6.78. The summed E-state index contributed by atoms with van der Waals surface area (Å²) < 4.78 is 5.27. The van der Waals surface area contributed by atoms with Gasteiger partial charge in [0, 0.05) is 25.8 Å². The Morgan fingerprint density at radius 3 is 2.75 bits per heavy atom. The van der Waals surface area contributed by atoms with Gasteiger partial charge in [-0.3, -0.25) is 10.1 Å². The third-order valence-corrected chi connectivity index (χ3v) is 3.18. The largest absolute Gasteiger partial charge is 0.381 e.